The molecular formula is C9H19N2O2+. The molecular weight excluding hydrogens is 168 g/mol. The summed E-state index contributed by atoms with van der Waals surface area (Å²) in [4.78, 5) is 10.8. The second-order valence-electron chi connectivity index (χ2n) is 4.22. The van der Waals surface area contributed by atoms with E-state index in [1.54, 1.807) is 0 Å². The van der Waals surface area contributed by atoms with E-state index in [2.05, 4.69) is 26.3 Å². The molecule has 1 N–H and O–H groups in total. The molecule has 0 rings (SSSR count). The van der Waals surface area contributed by atoms with Crippen LogP contribution in [0.4, 0.5) is 0 Å². The predicted molar refractivity (Wildman–Crippen MR) is 52.0 cm³/mol. The lowest BCUT2D eigenvalue weighted by Crippen LogP contribution is -2.35. The van der Waals surface area contributed by atoms with E-state index in [4.69, 9.17) is 5.21 Å². The smallest absolute Gasteiger partial charge is 0.177 e. The molecule has 0 aromatic carbocycles. The number of carbonyl (C=O) groups is 1. The van der Waals surface area contributed by atoms with Gasteiger partial charge in [0.15, 0.2) is 5.78 Å². The van der Waals surface area contributed by atoms with Gasteiger partial charge in [-0.1, -0.05) is 5.16 Å². The van der Waals surface area contributed by atoms with Gasteiger partial charge in [-0.3, -0.25) is 4.79 Å². The van der Waals surface area contributed by atoms with Crippen molar-refractivity contribution >= 4 is 11.5 Å². The van der Waals surface area contributed by atoms with Crippen molar-refractivity contribution in [2.75, 3.05) is 27.7 Å². The van der Waals surface area contributed by atoms with Crippen LogP contribution in [0.5, 0.6) is 0 Å². The zero-order valence-electron chi connectivity index (χ0n) is 8.87. The van der Waals surface area contributed by atoms with Gasteiger partial charge in [0.2, 0.25) is 0 Å². The molecule has 0 saturated carbocycles. The third kappa shape index (κ3) is 6.28. The Kier molecular flexibility index (Phi) is 4.62. The first kappa shape index (κ1) is 12.1. The molecule has 0 aromatic heterocycles. The molecule has 0 aliphatic carbocycles. The highest BCUT2D eigenvalue weighted by molar-refractivity contribution is 6.38. The summed E-state index contributed by atoms with van der Waals surface area (Å²) in [7, 11) is 6.26. The molecule has 0 heterocycles. The second-order valence-corrected chi connectivity index (χ2v) is 4.22. The van der Waals surface area contributed by atoms with Gasteiger partial charge >= 0.3 is 0 Å². The van der Waals surface area contributed by atoms with Crippen LogP contribution in [0, 0.1) is 0 Å². The van der Waals surface area contributed by atoms with Gasteiger partial charge in [-0.2, -0.15) is 0 Å². The molecule has 76 valence electrons. The number of quaternary nitrogens is 1. The molecule has 0 amide bonds. The van der Waals surface area contributed by atoms with E-state index in [1.165, 1.54) is 6.92 Å². The summed E-state index contributed by atoms with van der Waals surface area (Å²) in [6.45, 7) is 2.38. The lowest BCUT2D eigenvalue weighted by atomic mass is 10.1. The number of rotatable bonds is 5. The molecule has 4 heteroatoms. The average molecular weight is 187 g/mol. The predicted octanol–water partition coefficient (Wildman–Crippen LogP) is 0.892. The Morgan fingerprint density at radius 2 is 1.92 bits per heavy atom. The quantitative estimate of drug-likeness (QED) is 0.301. The minimum absolute atomic E-state index is 0.149. The molecule has 0 atom stereocenters. The SMILES string of the molecule is CC(=O)/C(CCC[N+](C)(C)C)=N\O. The van der Waals surface area contributed by atoms with E-state index in [-0.39, 0.29) is 11.5 Å². The van der Waals surface area contributed by atoms with Crippen LogP contribution >= 0.6 is 0 Å². The van der Waals surface area contributed by atoms with Gasteiger partial charge in [-0.25, -0.2) is 0 Å². The number of oxime groups is 1. The zero-order chi connectivity index (χ0) is 10.5. The Labute approximate surface area is 79.4 Å². The summed E-state index contributed by atoms with van der Waals surface area (Å²) in [6.07, 6.45) is 1.42. The van der Waals surface area contributed by atoms with Crippen LogP contribution in [0.25, 0.3) is 0 Å². The summed E-state index contributed by atoms with van der Waals surface area (Å²) < 4.78 is 0.858. The van der Waals surface area contributed by atoms with Crippen molar-refractivity contribution in [2.24, 2.45) is 5.16 Å². The van der Waals surface area contributed by atoms with Crippen LogP contribution in [-0.2, 0) is 4.79 Å². The van der Waals surface area contributed by atoms with E-state index in [1.807, 2.05) is 0 Å². The van der Waals surface area contributed by atoms with Crippen LogP contribution in [0.1, 0.15) is 19.8 Å². The Morgan fingerprint density at radius 3 is 2.23 bits per heavy atom. The minimum atomic E-state index is -0.149. The summed E-state index contributed by atoms with van der Waals surface area (Å²) in [5.74, 6) is -0.149. The third-order valence-corrected chi connectivity index (χ3v) is 1.77. The molecule has 0 bridgehead atoms. The van der Waals surface area contributed by atoms with Crippen LogP contribution < -0.4 is 0 Å². The normalized spacial score (nSPS) is 13.1. The molecule has 0 aliphatic rings. The number of Topliss-reactive ketones (excluding diaryl/α,β-unsaturated/α-hetero) is 1. The van der Waals surface area contributed by atoms with E-state index >= 15 is 0 Å². The number of nitrogens with zero attached hydrogens (tertiary/aromatic N) is 2. The van der Waals surface area contributed by atoms with Crippen LogP contribution in [0.15, 0.2) is 5.16 Å². The summed E-state index contributed by atoms with van der Waals surface area (Å²) >= 11 is 0. The number of carbonyl (C=O) groups excluding carboxylic acids is 1. The van der Waals surface area contributed by atoms with Crippen molar-refractivity contribution < 1.29 is 14.5 Å². The number of hydrogen-bond donors (Lipinski definition) is 1. The maximum absolute atomic E-state index is 10.8. The molecule has 0 spiro atoms. The Bertz CT molecular complexity index is 204. The second kappa shape index (κ2) is 4.97. The van der Waals surface area contributed by atoms with Crippen molar-refractivity contribution in [3.8, 4) is 0 Å². The molecule has 0 aliphatic heterocycles. The summed E-state index contributed by atoms with van der Waals surface area (Å²) in [6, 6.07) is 0. The summed E-state index contributed by atoms with van der Waals surface area (Å²) in [5, 5.41) is 11.5. The van der Waals surface area contributed by atoms with Crippen LogP contribution in [0.3, 0.4) is 0 Å². The van der Waals surface area contributed by atoms with Gasteiger partial charge in [0, 0.05) is 19.8 Å². The minimum Gasteiger partial charge on any atom is -0.411 e. The molecule has 4 nitrogen and oxygen atoms in total. The molecule has 0 fully saturated rings. The van der Waals surface area contributed by atoms with Crippen LogP contribution in [0.2, 0.25) is 0 Å². The fourth-order valence-corrected chi connectivity index (χ4v) is 1.02. The van der Waals surface area contributed by atoms with E-state index in [0.29, 0.717) is 6.42 Å². The van der Waals surface area contributed by atoms with Gasteiger partial charge < -0.3 is 9.69 Å². The third-order valence-electron chi connectivity index (χ3n) is 1.77. The lowest BCUT2D eigenvalue weighted by Gasteiger charge is -2.23. The molecule has 13 heavy (non-hydrogen) atoms. The van der Waals surface area contributed by atoms with Gasteiger partial charge in [-0.05, 0) is 0 Å². The fourth-order valence-electron chi connectivity index (χ4n) is 1.02. The van der Waals surface area contributed by atoms with Gasteiger partial charge in [0.25, 0.3) is 0 Å². The first-order valence-corrected chi connectivity index (χ1v) is 4.39. The Hall–Kier alpha value is -0.900. The van der Waals surface area contributed by atoms with Crippen LogP contribution in [-0.4, -0.2) is 48.9 Å². The van der Waals surface area contributed by atoms with E-state index < -0.39 is 0 Å². The van der Waals surface area contributed by atoms with E-state index in [0.717, 1.165) is 17.4 Å². The number of hydrogen-bond acceptors (Lipinski definition) is 3. The highest BCUT2D eigenvalue weighted by Crippen LogP contribution is 1.99. The Morgan fingerprint density at radius 1 is 1.38 bits per heavy atom. The highest BCUT2D eigenvalue weighted by atomic mass is 16.4. The maximum atomic E-state index is 10.8. The Balaban J connectivity index is 3.83. The van der Waals surface area contributed by atoms with Crippen molar-refractivity contribution in [1.82, 2.24) is 0 Å². The zero-order valence-corrected chi connectivity index (χ0v) is 8.87. The van der Waals surface area contributed by atoms with Gasteiger partial charge in [0.05, 0.1) is 27.7 Å². The number of ketones is 1. The average Bonchev–Trinajstić information content (AvgIpc) is 1.95. The van der Waals surface area contributed by atoms with Crippen molar-refractivity contribution in [3.63, 3.8) is 0 Å². The molecule has 0 radical (unpaired) electrons. The first-order chi connectivity index (χ1) is 5.87. The van der Waals surface area contributed by atoms with Crippen molar-refractivity contribution in [1.29, 1.82) is 0 Å². The largest absolute Gasteiger partial charge is 0.411 e. The van der Waals surface area contributed by atoms with Gasteiger partial charge in [-0.15, -0.1) is 0 Å². The molecule has 0 saturated heterocycles. The van der Waals surface area contributed by atoms with Crippen molar-refractivity contribution in [2.45, 2.75) is 19.8 Å². The van der Waals surface area contributed by atoms with Gasteiger partial charge in [0.1, 0.15) is 5.71 Å². The monoisotopic (exact) mass is 187 g/mol. The summed E-state index contributed by atoms with van der Waals surface area (Å²) in [5.41, 5.74) is 0.272. The van der Waals surface area contributed by atoms with Crippen molar-refractivity contribution in [3.05, 3.63) is 0 Å². The molecule has 0 aromatic rings. The standard InChI is InChI=1S/C9H18N2O2/c1-8(12)9(10-13)6-5-7-11(2,3)4/h5-7H2,1-4H3/p+1. The fraction of sp³-hybridized carbons (Fsp3) is 0.778. The first-order valence-electron chi connectivity index (χ1n) is 4.39. The van der Waals surface area contributed by atoms with E-state index in [9.17, 15) is 4.79 Å². The lowest BCUT2D eigenvalue weighted by molar-refractivity contribution is -0.870. The molecule has 0 unspecified atom stereocenters. The highest BCUT2D eigenvalue weighted by Gasteiger charge is 2.10. The topological polar surface area (TPSA) is 49.7 Å². The maximum Gasteiger partial charge on any atom is 0.177 e.